The third-order valence-electron chi connectivity index (χ3n) is 2.68. The number of nitrogens with one attached hydrogen (secondary N) is 1. The van der Waals surface area contributed by atoms with Crippen molar-refractivity contribution in [3.8, 4) is 0 Å². The minimum absolute atomic E-state index is 0.0240. The maximum absolute atomic E-state index is 11.8. The smallest absolute Gasteiger partial charge is 0.379 e. The third kappa shape index (κ3) is 6.85. The molecule has 0 saturated carbocycles. The van der Waals surface area contributed by atoms with Crippen molar-refractivity contribution < 1.29 is 22.6 Å². The van der Waals surface area contributed by atoms with Gasteiger partial charge in [0.15, 0.2) is 0 Å². The highest BCUT2D eigenvalue weighted by Crippen LogP contribution is 2.22. The van der Waals surface area contributed by atoms with Crippen LogP contribution in [0.3, 0.4) is 0 Å². The molecule has 0 radical (unpaired) electrons. The van der Waals surface area contributed by atoms with E-state index in [1.165, 1.54) is 0 Å². The Morgan fingerprint density at radius 1 is 1.29 bits per heavy atom. The van der Waals surface area contributed by atoms with E-state index in [0.717, 1.165) is 19.4 Å². The molecule has 17 heavy (non-hydrogen) atoms. The Morgan fingerprint density at radius 2 is 2.00 bits per heavy atom. The second-order valence-electron chi connectivity index (χ2n) is 4.31. The minimum Gasteiger partial charge on any atom is -0.379 e. The second-order valence-corrected chi connectivity index (χ2v) is 4.31. The number of alkyl halides is 3. The van der Waals surface area contributed by atoms with Crippen LogP contribution in [0.2, 0.25) is 0 Å². The highest BCUT2D eigenvalue weighted by Gasteiger charge is 2.27. The van der Waals surface area contributed by atoms with E-state index in [-0.39, 0.29) is 25.2 Å². The first-order valence-electron chi connectivity index (χ1n) is 5.96. The summed E-state index contributed by atoms with van der Waals surface area (Å²) in [7, 11) is 1.87. The van der Waals surface area contributed by atoms with Gasteiger partial charge in [-0.15, -0.1) is 0 Å². The maximum atomic E-state index is 11.8. The van der Waals surface area contributed by atoms with Crippen molar-refractivity contribution in [1.82, 2.24) is 5.32 Å². The highest BCUT2D eigenvalue weighted by atomic mass is 19.4. The van der Waals surface area contributed by atoms with Crippen molar-refractivity contribution in [1.29, 1.82) is 0 Å². The Morgan fingerprint density at radius 3 is 2.65 bits per heavy atom. The molecule has 0 aromatic rings. The first-order chi connectivity index (χ1) is 8.01. The van der Waals surface area contributed by atoms with E-state index >= 15 is 0 Å². The van der Waals surface area contributed by atoms with Crippen LogP contribution < -0.4 is 5.32 Å². The molecule has 0 spiro atoms. The Balaban J connectivity index is 1.97. The summed E-state index contributed by atoms with van der Waals surface area (Å²) < 4.78 is 46.3. The molecule has 1 N–H and O–H groups in total. The predicted molar refractivity (Wildman–Crippen MR) is 57.9 cm³/mol. The van der Waals surface area contributed by atoms with Gasteiger partial charge >= 0.3 is 6.18 Å². The molecule has 1 heterocycles. The lowest BCUT2D eigenvalue weighted by Gasteiger charge is -2.13. The predicted octanol–water partition coefficient (Wildman–Crippen LogP) is 2.11. The van der Waals surface area contributed by atoms with Crippen LogP contribution in [0.5, 0.6) is 0 Å². The van der Waals surface area contributed by atoms with Crippen molar-refractivity contribution in [2.75, 3.05) is 26.8 Å². The van der Waals surface area contributed by atoms with Crippen LogP contribution in [-0.4, -0.2) is 45.2 Å². The van der Waals surface area contributed by atoms with Gasteiger partial charge in [-0.1, -0.05) is 0 Å². The van der Waals surface area contributed by atoms with Crippen LogP contribution in [0.15, 0.2) is 0 Å². The van der Waals surface area contributed by atoms with Crippen LogP contribution in [0.25, 0.3) is 0 Å². The summed E-state index contributed by atoms with van der Waals surface area (Å²) >= 11 is 0. The van der Waals surface area contributed by atoms with E-state index in [4.69, 9.17) is 9.47 Å². The fourth-order valence-electron chi connectivity index (χ4n) is 1.87. The van der Waals surface area contributed by atoms with Crippen molar-refractivity contribution in [2.24, 2.45) is 0 Å². The summed E-state index contributed by atoms with van der Waals surface area (Å²) in [5.41, 5.74) is 0. The van der Waals surface area contributed by atoms with Crippen LogP contribution in [0.4, 0.5) is 13.2 Å². The van der Waals surface area contributed by atoms with Gasteiger partial charge in [-0.05, 0) is 26.3 Å². The topological polar surface area (TPSA) is 30.5 Å². The molecule has 0 aliphatic carbocycles. The van der Waals surface area contributed by atoms with Gasteiger partial charge in [0.25, 0.3) is 0 Å². The molecule has 3 nitrogen and oxygen atoms in total. The zero-order valence-electron chi connectivity index (χ0n) is 10.1. The molecule has 0 bridgehead atoms. The molecule has 0 aromatic carbocycles. The lowest BCUT2D eigenvalue weighted by atomic mass is 10.2. The van der Waals surface area contributed by atoms with Gasteiger partial charge in [0.2, 0.25) is 0 Å². The fourth-order valence-corrected chi connectivity index (χ4v) is 1.87. The van der Waals surface area contributed by atoms with Gasteiger partial charge in [-0.25, -0.2) is 0 Å². The average Bonchev–Trinajstić information content (AvgIpc) is 2.64. The van der Waals surface area contributed by atoms with E-state index in [1.54, 1.807) is 0 Å². The molecular formula is C11H20F3NO2. The maximum Gasteiger partial charge on any atom is 0.389 e. The van der Waals surface area contributed by atoms with Crippen LogP contribution in [0, 0.1) is 0 Å². The van der Waals surface area contributed by atoms with E-state index < -0.39 is 12.6 Å². The largest absolute Gasteiger partial charge is 0.389 e. The van der Waals surface area contributed by atoms with Crippen LogP contribution >= 0.6 is 0 Å². The Hall–Kier alpha value is -0.330. The van der Waals surface area contributed by atoms with Crippen LogP contribution in [-0.2, 0) is 9.47 Å². The molecule has 0 aromatic heterocycles. The third-order valence-corrected chi connectivity index (χ3v) is 2.68. The molecule has 102 valence electrons. The number of halogens is 3. The zero-order valence-corrected chi connectivity index (χ0v) is 10.1. The number of likely N-dealkylation sites (N-methyl/N-ethyl adjacent to an activating group) is 1. The summed E-state index contributed by atoms with van der Waals surface area (Å²) in [5, 5.41) is 3.03. The van der Waals surface area contributed by atoms with Crippen molar-refractivity contribution >= 4 is 0 Å². The molecule has 1 aliphatic heterocycles. The SMILES string of the molecule is CNCC1CCC(COCCCC(F)(F)F)O1. The van der Waals surface area contributed by atoms with E-state index in [1.807, 2.05) is 7.05 Å². The highest BCUT2D eigenvalue weighted by molar-refractivity contribution is 4.74. The summed E-state index contributed by atoms with van der Waals surface area (Å²) in [6.45, 7) is 1.36. The normalized spacial score (nSPS) is 25.4. The molecule has 1 fully saturated rings. The fraction of sp³-hybridized carbons (Fsp3) is 1.00. The van der Waals surface area contributed by atoms with Crippen molar-refractivity contribution in [3.63, 3.8) is 0 Å². The Labute approximate surface area is 99.7 Å². The number of rotatable bonds is 7. The molecule has 2 atom stereocenters. The Bertz CT molecular complexity index is 211. The van der Waals surface area contributed by atoms with E-state index in [9.17, 15) is 13.2 Å². The molecule has 2 unspecified atom stereocenters. The molecule has 1 rings (SSSR count). The summed E-state index contributed by atoms with van der Waals surface area (Å²) in [5.74, 6) is 0. The second kappa shape index (κ2) is 7.18. The average molecular weight is 255 g/mol. The van der Waals surface area contributed by atoms with Gasteiger partial charge in [0, 0.05) is 19.6 Å². The first-order valence-corrected chi connectivity index (χ1v) is 5.96. The van der Waals surface area contributed by atoms with E-state index in [2.05, 4.69) is 5.32 Å². The van der Waals surface area contributed by atoms with Gasteiger partial charge in [0.05, 0.1) is 18.8 Å². The Kier molecular flexibility index (Phi) is 6.22. The van der Waals surface area contributed by atoms with Gasteiger partial charge in [-0.2, -0.15) is 13.2 Å². The molecule has 0 amide bonds. The van der Waals surface area contributed by atoms with Gasteiger partial charge in [0.1, 0.15) is 0 Å². The van der Waals surface area contributed by atoms with Crippen LogP contribution in [0.1, 0.15) is 25.7 Å². The number of hydrogen-bond acceptors (Lipinski definition) is 3. The number of ether oxygens (including phenoxy) is 2. The number of hydrogen-bond donors (Lipinski definition) is 1. The summed E-state index contributed by atoms with van der Waals surface area (Å²) in [4.78, 5) is 0. The molecule has 6 heteroatoms. The zero-order chi connectivity index (χ0) is 12.7. The van der Waals surface area contributed by atoms with Crippen molar-refractivity contribution in [2.45, 2.75) is 44.1 Å². The van der Waals surface area contributed by atoms with Gasteiger partial charge < -0.3 is 14.8 Å². The molecule has 1 aliphatic rings. The van der Waals surface area contributed by atoms with E-state index in [0.29, 0.717) is 6.61 Å². The quantitative estimate of drug-likeness (QED) is 0.707. The summed E-state index contributed by atoms with van der Waals surface area (Å²) in [6, 6.07) is 0. The summed E-state index contributed by atoms with van der Waals surface area (Å²) in [6.07, 6.45) is -2.67. The minimum atomic E-state index is -4.08. The lowest BCUT2D eigenvalue weighted by Crippen LogP contribution is -2.25. The standard InChI is InChI=1S/C11H20F3NO2/c1-15-7-9-3-4-10(17-9)8-16-6-2-5-11(12,13)14/h9-10,15H,2-8H2,1H3. The molecule has 1 saturated heterocycles. The molecular weight excluding hydrogens is 235 g/mol. The first kappa shape index (κ1) is 14.7. The monoisotopic (exact) mass is 255 g/mol. The van der Waals surface area contributed by atoms with Gasteiger partial charge in [-0.3, -0.25) is 0 Å². The lowest BCUT2D eigenvalue weighted by molar-refractivity contribution is -0.138. The van der Waals surface area contributed by atoms with Crippen molar-refractivity contribution in [3.05, 3.63) is 0 Å².